The maximum absolute atomic E-state index is 6.21. The summed E-state index contributed by atoms with van der Waals surface area (Å²) in [5.41, 5.74) is 5.69. The van der Waals surface area contributed by atoms with Gasteiger partial charge in [0.2, 0.25) is 0 Å². The SMILES string of the molecule is C[N+](C)=C1C=CC(=CC=C2C=C(c3ccccc3)C=C(c3ccccc3)O2)C=C1. The van der Waals surface area contributed by atoms with Gasteiger partial charge in [-0.25, -0.2) is 4.58 Å². The molecule has 0 saturated carbocycles. The second-order valence-corrected chi connectivity index (χ2v) is 7.16. The van der Waals surface area contributed by atoms with Gasteiger partial charge in [-0.3, -0.25) is 0 Å². The van der Waals surface area contributed by atoms with Crippen molar-refractivity contribution >= 4 is 17.0 Å². The molecule has 2 aromatic carbocycles. The van der Waals surface area contributed by atoms with E-state index in [2.05, 4.69) is 83.5 Å². The minimum atomic E-state index is 0.821. The van der Waals surface area contributed by atoms with Gasteiger partial charge in [-0.05, 0) is 47.1 Å². The molecule has 0 amide bonds. The van der Waals surface area contributed by atoms with Crippen LogP contribution >= 0.6 is 0 Å². The van der Waals surface area contributed by atoms with Crippen LogP contribution in [0.5, 0.6) is 0 Å². The van der Waals surface area contributed by atoms with Crippen molar-refractivity contribution in [2.24, 2.45) is 0 Å². The van der Waals surface area contributed by atoms with Crippen LogP contribution in [0.4, 0.5) is 0 Å². The minimum absolute atomic E-state index is 0.821. The van der Waals surface area contributed by atoms with E-state index in [1.165, 1.54) is 11.3 Å². The Kier molecular flexibility index (Phi) is 5.53. The van der Waals surface area contributed by atoms with Gasteiger partial charge in [0.1, 0.15) is 25.6 Å². The summed E-state index contributed by atoms with van der Waals surface area (Å²) < 4.78 is 8.31. The summed E-state index contributed by atoms with van der Waals surface area (Å²) in [5.74, 6) is 1.68. The summed E-state index contributed by atoms with van der Waals surface area (Å²) in [7, 11) is 4.09. The Labute approximate surface area is 172 Å². The highest BCUT2D eigenvalue weighted by Gasteiger charge is 2.13. The first-order valence-corrected chi connectivity index (χ1v) is 9.73. The Morgan fingerprint density at radius 3 is 1.93 bits per heavy atom. The van der Waals surface area contributed by atoms with Crippen LogP contribution in [-0.2, 0) is 4.74 Å². The van der Waals surface area contributed by atoms with Crippen molar-refractivity contribution in [2.75, 3.05) is 14.1 Å². The van der Waals surface area contributed by atoms with Crippen LogP contribution < -0.4 is 0 Å². The predicted molar refractivity (Wildman–Crippen MR) is 121 cm³/mol. The standard InChI is InChI=1S/C27H24NO/c1-28(2)25-16-13-21(14-17-25)15-18-26-19-24(22-9-5-3-6-10-22)20-27(29-26)23-11-7-4-8-12-23/h3-20H,1-2H3/q+1. The lowest BCUT2D eigenvalue weighted by Gasteiger charge is -2.18. The van der Waals surface area contributed by atoms with Crippen LogP contribution in [0.1, 0.15) is 11.1 Å². The number of allylic oxidation sites excluding steroid dienone is 10. The first-order chi connectivity index (χ1) is 14.2. The molecular weight excluding hydrogens is 354 g/mol. The van der Waals surface area contributed by atoms with E-state index in [1.54, 1.807) is 0 Å². The molecule has 1 heterocycles. The van der Waals surface area contributed by atoms with Gasteiger partial charge in [-0.1, -0.05) is 66.7 Å². The molecule has 0 saturated heterocycles. The fourth-order valence-electron chi connectivity index (χ4n) is 3.21. The quantitative estimate of drug-likeness (QED) is 0.616. The van der Waals surface area contributed by atoms with E-state index in [9.17, 15) is 0 Å². The lowest BCUT2D eigenvalue weighted by molar-refractivity contribution is -0.462. The van der Waals surface area contributed by atoms with Gasteiger partial charge < -0.3 is 4.74 Å². The van der Waals surface area contributed by atoms with E-state index < -0.39 is 0 Å². The average Bonchev–Trinajstić information content (AvgIpc) is 2.79. The Bertz CT molecular complexity index is 1090. The van der Waals surface area contributed by atoms with E-state index in [0.717, 1.165) is 28.2 Å². The van der Waals surface area contributed by atoms with E-state index in [4.69, 9.17) is 4.74 Å². The van der Waals surface area contributed by atoms with Crippen molar-refractivity contribution in [1.82, 2.24) is 0 Å². The number of ether oxygens (including phenoxy) is 1. The number of benzene rings is 2. The van der Waals surface area contributed by atoms with Gasteiger partial charge in [0.15, 0.2) is 5.71 Å². The summed E-state index contributed by atoms with van der Waals surface area (Å²) in [4.78, 5) is 0. The molecule has 4 rings (SSSR count). The molecule has 0 atom stereocenters. The van der Waals surface area contributed by atoms with Crippen LogP contribution in [0.3, 0.4) is 0 Å². The predicted octanol–water partition coefficient (Wildman–Crippen LogP) is 5.79. The Balaban J connectivity index is 1.68. The molecule has 0 fully saturated rings. The molecule has 0 radical (unpaired) electrons. The fourth-order valence-corrected chi connectivity index (χ4v) is 3.21. The second-order valence-electron chi connectivity index (χ2n) is 7.16. The van der Waals surface area contributed by atoms with Crippen molar-refractivity contribution < 1.29 is 9.31 Å². The third kappa shape index (κ3) is 4.61. The molecule has 0 aromatic heterocycles. The first-order valence-electron chi connectivity index (χ1n) is 9.73. The number of hydrogen-bond donors (Lipinski definition) is 0. The monoisotopic (exact) mass is 378 g/mol. The number of nitrogens with zero attached hydrogens (tertiary/aromatic N) is 1. The van der Waals surface area contributed by atoms with E-state index in [-0.39, 0.29) is 0 Å². The Morgan fingerprint density at radius 1 is 0.690 bits per heavy atom. The van der Waals surface area contributed by atoms with Gasteiger partial charge in [0.05, 0.1) is 0 Å². The molecule has 2 aliphatic rings. The van der Waals surface area contributed by atoms with Crippen LogP contribution in [0.2, 0.25) is 0 Å². The summed E-state index contributed by atoms with van der Waals surface area (Å²) in [6.07, 6.45) is 16.8. The molecule has 142 valence electrons. The third-order valence-corrected chi connectivity index (χ3v) is 4.83. The highest BCUT2D eigenvalue weighted by atomic mass is 16.5. The van der Waals surface area contributed by atoms with Crippen molar-refractivity contribution in [2.45, 2.75) is 0 Å². The van der Waals surface area contributed by atoms with Crippen LogP contribution in [0.15, 0.2) is 121 Å². The van der Waals surface area contributed by atoms with Gasteiger partial charge >= 0.3 is 0 Å². The summed E-state index contributed by atoms with van der Waals surface area (Å²) >= 11 is 0. The van der Waals surface area contributed by atoms with Crippen molar-refractivity contribution in [3.05, 3.63) is 132 Å². The molecule has 2 nitrogen and oxygen atoms in total. The lowest BCUT2D eigenvalue weighted by Crippen LogP contribution is -2.09. The Hall–Kier alpha value is -3.65. The molecule has 0 unspecified atom stereocenters. The van der Waals surface area contributed by atoms with Crippen LogP contribution in [0, 0.1) is 0 Å². The topological polar surface area (TPSA) is 12.2 Å². The molecule has 0 bridgehead atoms. The van der Waals surface area contributed by atoms with E-state index in [1.807, 2.05) is 44.4 Å². The van der Waals surface area contributed by atoms with Crippen LogP contribution in [-0.4, -0.2) is 24.4 Å². The summed E-state index contributed by atoms with van der Waals surface area (Å²) in [5, 5.41) is 0. The summed E-state index contributed by atoms with van der Waals surface area (Å²) in [6, 6.07) is 20.6. The van der Waals surface area contributed by atoms with Gasteiger partial charge in [-0.2, -0.15) is 0 Å². The largest absolute Gasteiger partial charge is 0.457 e. The maximum atomic E-state index is 6.21. The maximum Gasteiger partial charge on any atom is 0.199 e. The zero-order chi connectivity index (χ0) is 20.1. The number of rotatable bonds is 3. The van der Waals surface area contributed by atoms with Gasteiger partial charge in [-0.15, -0.1) is 0 Å². The number of hydrogen-bond acceptors (Lipinski definition) is 1. The van der Waals surface area contributed by atoms with Gasteiger partial charge in [0.25, 0.3) is 0 Å². The van der Waals surface area contributed by atoms with Gasteiger partial charge in [0, 0.05) is 17.7 Å². The molecule has 1 aliphatic heterocycles. The second kappa shape index (κ2) is 8.57. The first kappa shape index (κ1) is 18.7. The average molecular weight is 378 g/mol. The normalized spacial score (nSPS) is 17.0. The van der Waals surface area contributed by atoms with Crippen molar-refractivity contribution in [1.29, 1.82) is 0 Å². The molecule has 2 aromatic rings. The highest BCUT2D eigenvalue weighted by Crippen LogP contribution is 2.31. The van der Waals surface area contributed by atoms with Crippen LogP contribution in [0.25, 0.3) is 11.3 Å². The minimum Gasteiger partial charge on any atom is -0.457 e. The summed E-state index contributed by atoms with van der Waals surface area (Å²) in [6.45, 7) is 0. The smallest absolute Gasteiger partial charge is 0.199 e. The molecule has 2 heteroatoms. The zero-order valence-corrected chi connectivity index (χ0v) is 16.7. The molecular formula is C27H24NO+. The van der Waals surface area contributed by atoms with Crippen molar-refractivity contribution in [3.63, 3.8) is 0 Å². The Morgan fingerprint density at radius 2 is 1.31 bits per heavy atom. The molecule has 0 spiro atoms. The molecule has 0 N–H and O–H groups in total. The molecule has 1 aliphatic carbocycles. The lowest BCUT2D eigenvalue weighted by atomic mass is 10.0. The van der Waals surface area contributed by atoms with Crippen molar-refractivity contribution in [3.8, 4) is 0 Å². The fraction of sp³-hybridized carbons (Fsp3) is 0.0741. The molecule has 29 heavy (non-hydrogen) atoms. The highest BCUT2D eigenvalue weighted by molar-refractivity contribution is 6.02. The third-order valence-electron chi connectivity index (χ3n) is 4.83. The van der Waals surface area contributed by atoms with E-state index in [0.29, 0.717) is 0 Å². The van der Waals surface area contributed by atoms with E-state index >= 15 is 0 Å². The zero-order valence-electron chi connectivity index (χ0n) is 16.7.